The standard InChI is InChI=1S/C19H18N2O5/c1-24-15-11-17(26-3)16(25-2)10-12(15)9-14-18(22)21(19(23)20-14)13-7-5-4-6-8-13/h4-11H,1-3H3,(H,20,23)/b14-9+. The summed E-state index contributed by atoms with van der Waals surface area (Å²) in [6, 6.07) is 11.5. The zero-order valence-electron chi connectivity index (χ0n) is 14.6. The minimum Gasteiger partial charge on any atom is -0.496 e. The van der Waals surface area contributed by atoms with Gasteiger partial charge in [0.2, 0.25) is 0 Å². The summed E-state index contributed by atoms with van der Waals surface area (Å²) in [4.78, 5) is 26.0. The molecule has 7 nitrogen and oxygen atoms in total. The molecular formula is C19H18N2O5. The lowest BCUT2D eigenvalue weighted by molar-refractivity contribution is -0.113. The molecule has 26 heavy (non-hydrogen) atoms. The highest BCUT2D eigenvalue weighted by Crippen LogP contribution is 2.36. The zero-order chi connectivity index (χ0) is 18.7. The molecule has 2 aromatic carbocycles. The molecule has 3 amide bonds. The van der Waals surface area contributed by atoms with Crippen LogP contribution in [-0.2, 0) is 4.79 Å². The summed E-state index contributed by atoms with van der Waals surface area (Å²) in [5.41, 5.74) is 1.21. The van der Waals surface area contributed by atoms with Gasteiger partial charge < -0.3 is 19.5 Å². The number of rotatable bonds is 5. The monoisotopic (exact) mass is 354 g/mol. The molecular weight excluding hydrogens is 336 g/mol. The molecule has 2 aromatic rings. The summed E-state index contributed by atoms with van der Waals surface area (Å²) in [7, 11) is 4.54. The van der Waals surface area contributed by atoms with Crippen molar-refractivity contribution in [2.24, 2.45) is 0 Å². The molecule has 0 radical (unpaired) electrons. The van der Waals surface area contributed by atoms with Crippen LogP contribution in [0.5, 0.6) is 17.2 Å². The second kappa shape index (κ2) is 7.18. The van der Waals surface area contributed by atoms with Crippen LogP contribution in [0.25, 0.3) is 6.08 Å². The number of hydrogen-bond acceptors (Lipinski definition) is 5. The third-order valence-electron chi connectivity index (χ3n) is 3.93. The van der Waals surface area contributed by atoms with Gasteiger partial charge in [0.05, 0.1) is 27.0 Å². The second-order valence-electron chi connectivity index (χ2n) is 5.41. The molecule has 0 aromatic heterocycles. The van der Waals surface area contributed by atoms with Crippen molar-refractivity contribution in [2.75, 3.05) is 26.2 Å². The van der Waals surface area contributed by atoms with E-state index >= 15 is 0 Å². The summed E-state index contributed by atoms with van der Waals surface area (Å²) < 4.78 is 15.9. The topological polar surface area (TPSA) is 77.1 Å². The number of ether oxygens (including phenoxy) is 3. The Morgan fingerprint density at radius 1 is 0.885 bits per heavy atom. The van der Waals surface area contributed by atoms with Crippen molar-refractivity contribution in [2.45, 2.75) is 0 Å². The SMILES string of the molecule is COc1cc(OC)c(OC)cc1/C=C1/NC(=O)N(c2ccccc2)C1=O. The van der Waals surface area contributed by atoms with Crippen LogP contribution in [0.2, 0.25) is 0 Å². The first kappa shape index (κ1) is 17.3. The average Bonchev–Trinajstić information content (AvgIpc) is 2.95. The van der Waals surface area contributed by atoms with Crippen LogP contribution in [0.4, 0.5) is 10.5 Å². The van der Waals surface area contributed by atoms with Crippen molar-refractivity contribution in [1.29, 1.82) is 0 Å². The highest BCUT2D eigenvalue weighted by Gasteiger charge is 2.35. The van der Waals surface area contributed by atoms with Crippen LogP contribution in [0, 0.1) is 0 Å². The maximum Gasteiger partial charge on any atom is 0.333 e. The Hall–Kier alpha value is -3.48. The van der Waals surface area contributed by atoms with E-state index < -0.39 is 11.9 Å². The number of amides is 3. The van der Waals surface area contributed by atoms with Gasteiger partial charge in [0.25, 0.3) is 5.91 Å². The first-order chi connectivity index (χ1) is 12.6. The Bertz CT molecular complexity index is 877. The van der Waals surface area contributed by atoms with Gasteiger partial charge in [0.15, 0.2) is 11.5 Å². The quantitative estimate of drug-likeness (QED) is 0.660. The van der Waals surface area contributed by atoms with Gasteiger partial charge in [-0.25, -0.2) is 9.69 Å². The number of urea groups is 1. The number of anilines is 1. The molecule has 1 heterocycles. The van der Waals surface area contributed by atoms with Crippen molar-refractivity contribution in [3.05, 3.63) is 53.7 Å². The highest BCUT2D eigenvalue weighted by molar-refractivity contribution is 6.28. The second-order valence-corrected chi connectivity index (χ2v) is 5.41. The lowest BCUT2D eigenvalue weighted by Gasteiger charge is -2.12. The van der Waals surface area contributed by atoms with Gasteiger partial charge in [-0.3, -0.25) is 4.79 Å². The number of hydrogen-bond donors (Lipinski definition) is 1. The van der Waals surface area contributed by atoms with Gasteiger partial charge in [-0.2, -0.15) is 0 Å². The maximum atomic E-state index is 12.7. The summed E-state index contributed by atoms with van der Waals surface area (Å²) in [6.07, 6.45) is 1.55. The van der Waals surface area contributed by atoms with Crippen LogP contribution < -0.4 is 24.4 Å². The Kier molecular flexibility index (Phi) is 4.79. The molecule has 7 heteroatoms. The normalized spacial score (nSPS) is 15.2. The first-order valence-electron chi connectivity index (χ1n) is 7.81. The van der Waals surface area contributed by atoms with Crippen molar-refractivity contribution >= 4 is 23.7 Å². The highest BCUT2D eigenvalue weighted by atomic mass is 16.5. The zero-order valence-corrected chi connectivity index (χ0v) is 14.6. The van der Waals surface area contributed by atoms with Gasteiger partial charge in [-0.05, 0) is 24.3 Å². The molecule has 0 bridgehead atoms. The Morgan fingerprint density at radius 2 is 1.50 bits per heavy atom. The average molecular weight is 354 g/mol. The summed E-state index contributed by atoms with van der Waals surface area (Å²) >= 11 is 0. The fraction of sp³-hybridized carbons (Fsp3) is 0.158. The van der Waals surface area contributed by atoms with Gasteiger partial charge in [-0.1, -0.05) is 18.2 Å². The van der Waals surface area contributed by atoms with Crippen molar-refractivity contribution in [3.63, 3.8) is 0 Å². The first-order valence-corrected chi connectivity index (χ1v) is 7.81. The number of carbonyl (C=O) groups excluding carboxylic acids is 2. The maximum absolute atomic E-state index is 12.7. The third-order valence-corrected chi connectivity index (χ3v) is 3.93. The number of methoxy groups -OCH3 is 3. The van der Waals surface area contributed by atoms with Crippen molar-refractivity contribution in [3.8, 4) is 17.2 Å². The number of carbonyl (C=O) groups is 2. The van der Waals surface area contributed by atoms with E-state index in [1.165, 1.54) is 21.3 Å². The molecule has 1 aliphatic heterocycles. The number of para-hydroxylation sites is 1. The molecule has 134 valence electrons. The number of benzene rings is 2. The molecule has 0 unspecified atom stereocenters. The predicted octanol–water partition coefficient (Wildman–Crippen LogP) is 2.81. The minimum atomic E-state index is -0.508. The molecule has 1 N–H and O–H groups in total. The van der Waals surface area contributed by atoms with Gasteiger partial charge >= 0.3 is 6.03 Å². The summed E-state index contributed by atoms with van der Waals surface area (Å²) in [5, 5.41) is 2.59. The molecule has 1 aliphatic rings. The van der Waals surface area contributed by atoms with Crippen LogP contribution in [-0.4, -0.2) is 33.3 Å². The molecule has 1 saturated heterocycles. The van der Waals surface area contributed by atoms with Gasteiger partial charge in [0, 0.05) is 11.6 Å². The summed E-state index contributed by atoms with van der Waals surface area (Å²) in [6.45, 7) is 0. The predicted molar refractivity (Wildman–Crippen MR) is 96.5 cm³/mol. The number of imide groups is 1. The van der Waals surface area contributed by atoms with Crippen LogP contribution in [0.1, 0.15) is 5.56 Å². The van der Waals surface area contributed by atoms with Crippen molar-refractivity contribution < 1.29 is 23.8 Å². The van der Waals surface area contributed by atoms with Crippen molar-refractivity contribution in [1.82, 2.24) is 5.32 Å². The summed E-state index contributed by atoms with van der Waals surface area (Å²) in [5.74, 6) is 1.02. The minimum absolute atomic E-state index is 0.143. The lowest BCUT2D eigenvalue weighted by atomic mass is 10.1. The van der Waals surface area contributed by atoms with Crippen LogP contribution in [0.15, 0.2) is 48.2 Å². The van der Waals surface area contributed by atoms with E-state index in [2.05, 4.69) is 5.32 Å². The molecule has 0 atom stereocenters. The van der Waals surface area contributed by atoms with Crippen LogP contribution in [0.3, 0.4) is 0 Å². The molecule has 1 fully saturated rings. The van der Waals surface area contributed by atoms with Gasteiger partial charge in [0.1, 0.15) is 11.4 Å². The molecule has 0 spiro atoms. The van der Waals surface area contributed by atoms with E-state index in [0.717, 1.165) is 4.90 Å². The Morgan fingerprint density at radius 3 is 2.12 bits per heavy atom. The number of nitrogens with one attached hydrogen (secondary N) is 1. The fourth-order valence-electron chi connectivity index (χ4n) is 2.67. The Labute approximate surface area is 150 Å². The lowest BCUT2D eigenvalue weighted by Crippen LogP contribution is -2.30. The van der Waals surface area contributed by atoms with E-state index in [-0.39, 0.29) is 5.70 Å². The van der Waals surface area contributed by atoms with E-state index in [0.29, 0.717) is 28.5 Å². The largest absolute Gasteiger partial charge is 0.496 e. The van der Waals surface area contributed by atoms with Crippen LogP contribution >= 0.6 is 0 Å². The third kappa shape index (κ3) is 3.06. The smallest absolute Gasteiger partial charge is 0.333 e. The molecule has 3 rings (SSSR count). The van der Waals surface area contributed by atoms with Gasteiger partial charge in [-0.15, -0.1) is 0 Å². The van der Waals surface area contributed by atoms with E-state index in [4.69, 9.17) is 14.2 Å². The molecule has 0 saturated carbocycles. The Balaban J connectivity index is 2.01. The van der Waals surface area contributed by atoms with E-state index in [9.17, 15) is 9.59 Å². The fourth-order valence-corrected chi connectivity index (χ4v) is 2.67. The molecule has 0 aliphatic carbocycles. The van der Waals surface area contributed by atoms with E-state index in [1.54, 1.807) is 42.5 Å². The number of nitrogens with zero attached hydrogens (tertiary/aromatic N) is 1. The van der Waals surface area contributed by atoms with E-state index in [1.807, 2.05) is 6.07 Å².